The number of rotatable bonds is 1. The molecule has 0 amide bonds. The molecular weight excluding hydrogens is 634 g/mol. The topological polar surface area (TPSA) is 453 Å². The SMILES string of the molecule is NCCN.O=S(=O)([O-])[O-].O=S(=O)([O-])[O-].O=S(=O)([O-])[O-].O=S(=O)([O-])[O-].O=S(=O)([O-])[O-].[V].[V]. The van der Waals surface area contributed by atoms with Crippen molar-refractivity contribution in [2.45, 2.75) is 0 Å². The van der Waals surface area contributed by atoms with Crippen molar-refractivity contribution in [3.63, 3.8) is 0 Å². The third kappa shape index (κ3) is 11900. The zero-order valence-electron chi connectivity index (χ0n) is 13.7. The summed E-state index contributed by atoms with van der Waals surface area (Å²) in [5.41, 5.74) is 9.81. The maximum atomic E-state index is 8.52. The zero-order chi connectivity index (χ0) is 25.9. The van der Waals surface area contributed by atoms with Crippen molar-refractivity contribution in [3.05, 3.63) is 0 Å². The molecule has 4 N–H and O–H groups in total. The smallest absolute Gasteiger partial charge is 0.0311 e. The van der Waals surface area contributed by atoms with Gasteiger partial charge in [-0.05, 0) is 0 Å². The van der Waals surface area contributed by atoms with Crippen LogP contribution in [0.1, 0.15) is 0 Å². The Hall–Kier alpha value is 0.439. The molecule has 0 atom stereocenters. The van der Waals surface area contributed by atoms with Gasteiger partial charge in [0.1, 0.15) is 0 Å². The van der Waals surface area contributed by atoms with E-state index in [2.05, 4.69) is 0 Å². The van der Waals surface area contributed by atoms with Crippen LogP contribution in [0.2, 0.25) is 0 Å². The van der Waals surface area contributed by atoms with Gasteiger partial charge in [-0.2, -0.15) is 0 Å². The molecule has 196 valence electrons. The van der Waals surface area contributed by atoms with E-state index in [1.165, 1.54) is 0 Å². The Morgan fingerprint density at radius 3 is 0.387 bits per heavy atom. The van der Waals surface area contributed by atoms with E-state index in [0.29, 0.717) is 13.1 Å². The summed E-state index contributed by atoms with van der Waals surface area (Å²) in [4.78, 5) is 0. The van der Waals surface area contributed by atoms with Gasteiger partial charge in [0.05, 0.1) is 0 Å². The summed E-state index contributed by atoms with van der Waals surface area (Å²) in [5.74, 6) is 0. The first kappa shape index (κ1) is 53.0. The fraction of sp³-hybridized carbons (Fsp3) is 1.00. The predicted molar refractivity (Wildman–Crippen MR) is 70.5 cm³/mol. The van der Waals surface area contributed by atoms with E-state index in [9.17, 15) is 0 Å². The van der Waals surface area contributed by atoms with Gasteiger partial charge >= 0.3 is 0 Å². The van der Waals surface area contributed by atoms with Gasteiger partial charge < -0.3 is 57.0 Å². The van der Waals surface area contributed by atoms with Crippen LogP contribution in [0.4, 0.5) is 0 Å². The summed E-state index contributed by atoms with van der Waals surface area (Å²) < 4.78 is 170. The Kier molecular flexibility index (Phi) is 42.9. The van der Waals surface area contributed by atoms with Gasteiger partial charge in [-0.25, -0.2) is 0 Å². The third-order valence-corrected chi connectivity index (χ3v) is 0.167. The van der Waals surface area contributed by atoms with E-state index in [-0.39, 0.29) is 37.1 Å². The van der Waals surface area contributed by atoms with Gasteiger partial charge in [-0.15, -0.1) is 0 Å². The maximum Gasteiger partial charge on any atom is 0.0311 e. The Bertz CT molecular complexity index is 668. The molecule has 0 aliphatic rings. The summed E-state index contributed by atoms with van der Waals surface area (Å²) in [6.45, 7) is 1.19. The monoisotopic (exact) mass is 642 g/mol. The van der Waals surface area contributed by atoms with Crippen LogP contribution in [0.25, 0.3) is 0 Å². The molecule has 0 aromatic rings. The Morgan fingerprint density at radius 1 is 0.355 bits per heavy atom. The number of nitrogens with two attached hydrogens (primary N) is 2. The average Bonchev–Trinajstić information content (AvgIpc) is 2.16. The van der Waals surface area contributed by atoms with Crippen LogP contribution in [-0.4, -0.2) is 101 Å². The average molecular weight is 642 g/mol. The molecule has 0 saturated carbocycles. The minimum absolute atomic E-state index is 0. The first-order valence-electron chi connectivity index (χ1n) is 4.65. The zero-order valence-corrected chi connectivity index (χ0v) is 20.5. The van der Waals surface area contributed by atoms with Crippen molar-refractivity contribution >= 4 is 52.0 Å². The second-order valence-electron chi connectivity index (χ2n) is 2.62. The first-order valence-corrected chi connectivity index (χ1v) is 11.3. The molecule has 0 unspecified atom stereocenters. The summed E-state index contributed by atoms with van der Waals surface area (Å²) in [6.07, 6.45) is 0. The van der Waals surface area contributed by atoms with Crippen LogP contribution in [0.15, 0.2) is 0 Å². The molecule has 0 aliphatic carbocycles. The van der Waals surface area contributed by atoms with E-state index < -0.39 is 52.0 Å². The molecule has 0 aromatic carbocycles. The third-order valence-electron chi connectivity index (χ3n) is 0.167. The Morgan fingerprint density at radius 2 is 0.387 bits per heavy atom. The van der Waals surface area contributed by atoms with E-state index in [4.69, 9.17) is 99.1 Å². The van der Waals surface area contributed by atoms with E-state index in [0.717, 1.165) is 0 Å². The van der Waals surface area contributed by atoms with Crippen LogP contribution < -0.4 is 11.5 Å². The van der Waals surface area contributed by atoms with Crippen LogP contribution in [0.5, 0.6) is 0 Å². The summed E-state index contributed by atoms with van der Waals surface area (Å²) in [7, 11) is -25.8. The van der Waals surface area contributed by atoms with Crippen molar-refractivity contribution in [1.29, 1.82) is 0 Å². The maximum absolute atomic E-state index is 8.52. The summed E-state index contributed by atoms with van der Waals surface area (Å²) >= 11 is 0. The molecule has 22 nitrogen and oxygen atoms in total. The van der Waals surface area contributed by atoms with Gasteiger partial charge in [0.25, 0.3) is 0 Å². The van der Waals surface area contributed by atoms with Crippen molar-refractivity contribution in [1.82, 2.24) is 0 Å². The second kappa shape index (κ2) is 25.1. The van der Waals surface area contributed by atoms with E-state index >= 15 is 0 Å². The van der Waals surface area contributed by atoms with Gasteiger partial charge in [0.15, 0.2) is 0 Å². The predicted octanol–water partition coefficient (Wildman–Crippen LogP) is -7.79. The molecule has 0 aliphatic heterocycles. The van der Waals surface area contributed by atoms with Gasteiger partial charge in [-0.3, -0.25) is 42.1 Å². The molecule has 29 heteroatoms. The molecule has 0 rings (SSSR count). The quantitative estimate of drug-likeness (QED) is 0.198. The van der Waals surface area contributed by atoms with Gasteiger partial charge in [0.2, 0.25) is 0 Å². The van der Waals surface area contributed by atoms with E-state index in [1.807, 2.05) is 0 Å². The summed E-state index contributed by atoms with van der Waals surface area (Å²) in [6, 6.07) is 0. The number of hydrogen-bond acceptors (Lipinski definition) is 22. The molecular formula is C2H8N2O20S5V2-10. The molecule has 0 saturated heterocycles. The standard InChI is InChI=1S/C2H8N2.5H2O4S.2V/c3-1-2-4;5*1-5(2,3)4;;/h1-4H2;5*(H2,1,2,3,4);;/p-10. The summed E-state index contributed by atoms with van der Waals surface area (Å²) in [5, 5.41) is 0. The fourth-order valence-electron chi connectivity index (χ4n) is 0. The largest absolute Gasteiger partial charge is 0.759 e. The van der Waals surface area contributed by atoms with Crippen molar-refractivity contribution in [3.8, 4) is 0 Å². The minimum Gasteiger partial charge on any atom is -0.759 e. The molecule has 0 spiro atoms. The fourth-order valence-corrected chi connectivity index (χ4v) is 0. The molecule has 0 heterocycles. The molecule has 2 radical (unpaired) electrons. The van der Waals surface area contributed by atoms with Gasteiger partial charge in [-0.1, -0.05) is 0 Å². The molecule has 0 bridgehead atoms. The Labute approximate surface area is 200 Å². The number of hydrogen-bond donors (Lipinski definition) is 2. The molecule has 0 aromatic heterocycles. The van der Waals surface area contributed by atoms with Crippen molar-refractivity contribution in [2.75, 3.05) is 13.1 Å². The van der Waals surface area contributed by atoms with Crippen LogP contribution >= 0.6 is 0 Å². The molecule has 0 fully saturated rings. The van der Waals surface area contributed by atoms with Crippen LogP contribution in [0, 0.1) is 0 Å². The van der Waals surface area contributed by atoms with E-state index in [1.54, 1.807) is 0 Å². The van der Waals surface area contributed by atoms with Crippen molar-refractivity contribution in [2.24, 2.45) is 11.5 Å². The molecule has 31 heavy (non-hydrogen) atoms. The van der Waals surface area contributed by atoms with Gasteiger partial charge in [0, 0.05) is 102 Å². The van der Waals surface area contributed by atoms with Crippen LogP contribution in [0.3, 0.4) is 0 Å². The Balaban J connectivity index is -0.0000000337. The van der Waals surface area contributed by atoms with Crippen LogP contribution in [-0.2, 0) is 89.1 Å². The first-order chi connectivity index (χ1) is 11.9. The second-order valence-corrected chi connectivity index (χ2v) is 6.70. The van der Waals surface area contributed by atoms with Crippen molar-refractivity contribution < 1.29 is 125 Å². The minimum atomic E-state index is -5.17. The normalized spacial score (nSPS) is 10.3.